The molecule has 0 heterocycles. The minimum Gasteiger partial charge on any atom is -0.466 e. The third-order valence-electron chi connectivity index (χ3n) is 3.24. The van der Waals surface area contributed by atoms with Crippen molar-refractivity contribution in [2.24, 2.45) is 11.7 Å². The Hall–Kier alpha value is -2.44. The maximum absolute atomic E-state index is 13.1. The maximum atomic E-state index is 13.1. The molecule has 1 aromatic carbocycles. The summed E-state index contributed by atoms with van der Waals surface area (Å²) in [5.74, 6) is -2.64. The smallest absolute Gasteiger partial charge is 0.306 e. The van der Waals surface area contributed by atoms with Crippen LogP contribution in [0.2, 0.25) is 0 Å². The van der Waals surface area contributed by atoms with Crippen LogP contribution >= 0.6 is 0 Å². The Kier molecular flexibility index (Phi) is 7.18. The van der Waals surface area contributed by atoms with Crippen molar-refractivity contribution < 1.29 is 23.5 Å². The maximum Gasteiger partial charge on any atom is 0.306 e. The van der Waals surface area contributed by atoms with E-state index in [1.165, 1.54) is 18.2 Å². The average molecular weight is 324 g/mol. The van der Waals surface area contributed by atoms with Crippen molar-refractivity contribution >= 4 is 17.8 Å². The molecule has 6 nitrogen and oxygen atoms in total. The first-order valence-corrected chi connectivity index (χ1v) is 7.32. The summed E-state index contributed by atoms with van der Waals surface area (Å²) in [5.41, 5.74) is 5.76. The van der Waals surface area contributed by atoms with Gasteiger partial charge in [0.25, 0.3) is 0 Å². The molecule has 0 fully saturated rings. The largest absolute Gasteiger partial charge is 0.466 e. The van der Waals surface area contributed by atoms with Crippen LogP contribution in [0.3, 0.4) is 0 Å². The Labute approximate surface area is 134 Å². The van der Waals surface area contributed by atoms with Crippen molar-refractivity contribution in [3.05, 3.63) is 35.6 Å². The van der Waals surface area contributed by atoms with Crippen molar-refractivity contribution in [1.82, 2.24) is 5.32 Å². The van der Waals surface area contributed by atoms with Gasteiger partial charge in [-0.25, -0.2) is 4.39 Å². The molecule has 0 saturated carbocycles. The predicted molar refractivity (Wildman–Crippen MR) is 81.6 cm³/mol. The van der Waals surface area contributed by atoms with E-state index in [9.17, 15) is 18.8 Å². The molecule has 126 valence electrons. The van der Waals surface area contributed by atoms with E-state index in [-0.39, 0.29) is 19.4 Å². The van der Waals surface area contributed by atoms with Crippen LogP contribution in [0.25, 0.3) is 0 Å². The van der Waals surface area contributed by atoms with Crippen LogP contribution in [0.5, 0.6) is 0 Å². The predicted octanol–water partition coefficient (Wildman–Crippen LogP) is 0.928. The summed E-state index contributed by atoms with van der Waals surface area (Å²) in [6, 6.07) is 4.60. The molecule has 0 spiro atoms. The molecule has 0 aliphatic carbocycles. The Balaban J connectivity index is 2.66. The lowest BCUT2D eigenvalue weighted by atomic mass is 9.97. The molecular formula is C16H21FN2O4. The fourth-order valence-corrected chi connectivity index (χ4v) is 2.15. The highest BCUT2D eigenvalue weighted by Gasteiger charge is 2.27. The van der Waals surface area contributed by atoms with E-state index in [2.05, 4.69) is 5.32 Å². The Morgan fingerprint density at radius 2 is 2.04 bits per heavy atom. The zero-order chi connectivity index (χ0) is 17.4. The van der Waals surface area contributed by atoms with Crippen molar-refractivity contribution in [2.75, 3.05) is 6.61 Å². The van der Waals surface area contributed by atoms with E-state index >= 15 is 0 Å². The third kappa shape index (κ3) is 6.46. The zero-order valence-electron chi connectivity index (χ0n) is 13.2. The van der Waals surface area contributed by atoms with Crippen LogP contribution < -0.4 is 11.1 Å². The van der Waals surface area contributed by atoms with Crippen LogP contribution in [-0.4, -0.2) is 30.4 Å². The van der Waals surface area contributed by atoms with Gasteiger partial charge in [0.1, 0.15) is 11.9 Å². The molecule has 0 bridgehead atoms. The molecule has 3 N–H and O–H groups in total. The van der Waals surface area contributed by atoms with Gasteiger partial charge in [-0.15, -0.1) is 0 Å². The lowest BCUT2D eigenvalue weighted by Gasteiger charge is -2.21. The van der Waals surface area contributed by atoms with E-state index < -0.39 is 35.6 Å². The number of carbonyl (C=O) groups excluding carboxylic acids is 3. The summed E-state index contributed by atoms with van der Waals surface area (Å²) < 4.78 is 17.9. The summed E-state index contributed by atoms with van der Waals surface area (Å²) >= 11 is 0. The normalized spacial score (nSPS) is 13.0. The minimum absolute atomic E-state index is 0.0400. The second-order valence-electron chi connectivity index (χ2n) is 5.24. The quantitative estimate of drug-likeness (QED) is 0.695. The van der Waals surface area contributed by atoms with Crippen molar-refractivity contribution in [3.63, 3.8) is 0 Å². The SMILES string of the molecule is CCOC(=O)C[C@@H](C)[C@@H](NC(=O)Cc1cccc(F)c1)C(N)=O. The highest BCUT2D eigenvalue weighted by atomic mass is 19.1. The molecule has 0 aliphatic rings. The van der Waals surface area contributed by atoms with E-state index in [0.717, 1.165) is 0 Å². The van der Waals surface area contributed by atoms with Crippen LogP contribution in [0, 0.1) is 11.7 Å². The molecule has 0 unspecified atom stereocenters. The first-order chi connectivity index (χ1) is 10.8. The molecule has 0 radical (unpaired) electrons. The van der Waals surface area contributed by atoms with Gasteiger partial charge in [-0.2, -0.15) is 0 Å². The molecule has 0 aromatic heterocycles. The van der Waals surface area contributed by atoms with Gasteiger partial charge in [0.05, 0.1) is 19.4 Å². The number of nitrogens with one attached hydrogen (secondary N) is 1. The van der Waals surface area contributed by atoms with Crippen LogP contribution in [0.15, 0.2) is 24.3 Å². The standard InChI is InChI=1S/C16H21FN2O4/c1-3-23-14(21)7-10(2)15(16(18)22)19-13(20)9-11-5-4-6-12(17)8-11/h4-6,8,10,15H,3,7,9H2,1-2H3,(H2,18,22)(H,19,20)/t10-,15-/m1/s1. The van der Waals surface area contributed by atoms with E-state index in [0.29, 0.717) is 5.56 Å². The minimum atomic E-state index is -1.000. The molecule has 1 aromatic rings. The number of hydrogen-bond acceptors (Lipinski definition) is 4. The fourth-order valence-electron chi connectivity index (χ4n) is 2.15. The lowest BCUT2D eigenvalue weighted by Crippen LogP contribution is -2.49. The van der Waals surface area contributed by atoms with Crippen molar-refractivity contribution in [2.45, 2.75) is 32.7 Å². The van der Waals surface area contributed by atoms with Gasteiger partial charge in [0.15, 0.2) is 0 Å². The molecule has 2 atom stereocenters. The van der Waals surface area contributed by atoms with E-state index in [1.807, 2.05) is 0 Å². The van der Waals surface area contributed by atoms with E-state index in [1.54, 1.807) is 19.9 Å². The topological polar surface area (TPSA) is 98.5 Å². The Morgan fingerprint density at radius 3 is 2.61 bits per heavy atom. The second-order valence-corrected chi connectivity index (χ2v) is 5.24. The van der Waals surface area contributed by atoms with Crippen molar-refractivity contribution in [3.8, 4) is 0 Å². The number of halogens is 1. The van der Waals surface area contributed by atoms with Gasteiger partial charge in [-0.05, 0) is 30.5 Å². The van der Waals surface area contributed by atoms with Gasteiger partial charge < -0.3 is 15.8 Å². The highest BCUT2D eigenvalue weighted by Crippen LogP contribution is 2.11. The van der Waals surface area contributed by atoms with E-state index in [4.69, 9.17) is 10.5 Å². The van der Waals surface area contributed by atoms with Gasteiger partial charge in [-0.3, -0.25) is 14.4 Å². The van der Waals surface area contributed by atoms with Crippen molar-refractivity contribution in [1.29, 1.82) is 0 Å². The average Bonchev–Trinajstić information content (AvgIpc) is 2.44. The van der Waals surface area contributed by atoms with Gasteiger partial charge in [-0.1, -0.05) is 19.1 Å². The Bertz CT molecular complexity index is 577. The molecule has 0 aliphatic heterocycles. The number of hydrogen-bond donors (Lipinski definition) is 2. The summed E-state index contributed by atoms with van der Waals surface area (Å²) in [7, 11) is 0. The van der Waals surface area contributed by atoms with Crippen LogP contribution in [0.1, 0.15) is 25.8 Å². The molecule has 0 saturated heterocycles. The Morgan fingerprint density at radius 1 is 1.35 bits per heavy atom. The van der Waals surface area contributed by atoms with Crippen LogP contribution in [-0.2, 0) is 25.5 Å². The first-order valence-electron chi connectivity index (χ1n) is 7.32. The molecule has 1 rings (SSSR count). The van der Waals surface area contributed by atoms with Gasteiger partial charge in [0.2, 0.25) is 11.8 Å². The second kappa shape index (κ2) is 8.87. The monoisotopic (exact) mass is 324 g/mol. The molecule has 23 heavy (non-hydrogen) atoms. The third-order valence-corrected chi connectivity index (χ3v) is 3.24. The number of carbonyl (C=O) groups is 3. The first kappa shape index (κ1) is 18.6. The summed E-state index contributed by atoms with van der Waals surface area (Å²) in [5, 5.41) is 2.49. The van der Waals surface area contributed by atoms with Crippen LogP contribution in [0.4, 0.5) is 4.39 Å². The molecule has 7 heteroatoms. The molecular weight excluding hydrogens is 303 g/mol. The number of primary amides is 1. The van der Waals surface area contributed by atoms with Gasteiger partial charge in [0, 0.05) is 0 Å². The number of ether oxygens (including phenoxy) is 1. The summed E-state index contributed by atoms with van der Waals surface area (Å²) in [6.45, 7) is 3.53. The number of nitrogens with two attached hydrogens (primary N) is 1. The zero-order valence-corrected chi connectivity index (χ0v) is 13.2. The number of benzene rings is 1. The number of amides is 2. The highest BCUT2D eigenvalue weighted by molar-refractivity contribution is 5.88. The van der Waals surface area contributed by atoms with Gasteiger partial charge >= 0.3 is 5.97 Å². The summed E-state index contributed by atoms with van der Waals surface area (Å²) in [4.78, 5) is 35.0. The fraction of sp³-hybridized carbons (Fsp3) is 0.438. The number of esters is 1. The summed E-state index contributed by atoms with van der Waals surface area (Å²) in [6.07, 6.45) is -0.130. The number of rotatable bonds is 8. The lowest BCUT2D eigenvalue weighted by molar-refractivity contribution is -0.144. The molecule has 2 amide bonds.